The normalized spacial score (nSPS) is 48.8. The second-order valence-electron chi connectivity index (χ2n) is 10.3. The van der Waals surface area contributed by atoms with Crippen molar-refractivity contribution in [2.75, 3.05) is 0 Å². The van der Waals surface area contributed by atoms with E-state index in [4.69, 9.17) is 4.74 Å². The molecule has 2 N–H and O–H groups in total. The number of fused-ring (bicyclic) bond motifs is 5. The fraction of sp³-hybridized carbons (Fsp3) is 0.783. The van der Waals surface area contributed by atoms with Crippen molar-refractivity contribution in [3.63, 3.8) is 0 Å². The zero-order chi connectivity index (χ0) is 21.4. The van der Waals surface area contributed by atoms with Crippen LogP contribution in [0.15, 0.2) is 11.6 Å². The zero-order valence-corrected chi connectivity index (χ0v) is 17.7. The average molecular weight is 405 g/mol. The van der Waals surface area contributed by atoms with Gasteiger partial charge in [0.15, 0.2) is 5.78 Å². The summed E-state index contributed by atoms with van der Waals surface area (Å²) < 4.78 is 5.39. The molecule has 0 spiro atoms. The van der Waals surface area contributed by atoms with Gasteiger partial charge in [-0.2, -0.15) is 0 Å². The van der Waals surface area contributed by atoms with Crippen LogP contribution in [0.2, 0.25) is 0 Å². The first-order valence-corrected chi connectivity index (χ1v) is 10.8. The van der Waals surface area contributed by atoms with Gasteiger partial charge in [0.05, 0.1) is 11.7 Å². The van der Waals surface area contributed by atoms with Crippen LogP contribution in [-0.2, 0) is 19.1 Å². The summed E-state index contributed by atoms with van der Waals surface area (Å²) in [5, 5.41) is 22.3. The van der Waals surface area contributed by atoms with Gasteiger partial charge >= 0.3 is 5.97 Å². The molecule has 4 aliphatic rings. The molecule has 0 radical (unpaired) electrons. The molecule has 8 atom stereocenters. The third kappa shape index (κ3) is 2.71. The van der Waals surface area contributed by atoms with E-state index in [1.54, 1.807) is 13.0 Å². The van der Waals surface area contributed by atoms with Crippen LogP contribution in [0.5, 0.6) is 0 Å². The van der Waals surface area contributed by atoms with Gasteiger partial charge in [0, 0.05) is 24.2 Å². The number of hydrogen-bond acceptors (Lipinski definition) is 6. The Bertz CT molecular complexity index is 801. The number of ketones is 2. The molecule has 0 bridgehead atoms. The van der Waals surface area contributed by atoms with E-state index in [0.29, 0.717) is 25.7 Å². The number of carbonyl (C=O) groups excluding carboxylic acids is 3. The Morgan fingerprint density at radius 1 is 1.14 bits per heavy atom. The van der Waals surface area contributed by atoms with E-state index < -0.39 is 34.6 Å². The maximum absolute atomic E-state index is 13.1. The number of allylic oxidation sites excluding steroid dienone is 1. The van der Waals surface area contributed by atoms with E-state index in [1.165, 1.54) is 6.92 Å². The number of Topliss-reactive ketones (excluding diaryl/α,β-unsaturated/α-hetero) is 1. The van der Waals surface area contributed by atoms with Gasteiger partial charge in [0.1, 0.15) is 11.9 Å². The van der Waals surface area contributed by atoms with E-state index in [0.717, 1.165) is 12.0 Å². The third-order valence-corrected chi connectivity index (χ3v) is 8.90. The first kappa shape index (κ1) is 20.7. The first-order valence-electron chi connectivity index (χ1n) is 10.8. The molecule has 0 aromatic rings. The number of hydrogen-bond donors (Lipinski definition) is 2. The summed E-state index contributed by atoms with van der Waals surface area (Å²) in [6, 6.07) is 0. The minimum absolute atomic E-state index is 0.0282. The van der Waals surface area contributed by atoms with Crippen molar-refractivity contribution in [2.24, 2.45) is 28.6 Å². The molecule has 0 saturated heterocycles. The van der Waals surface area contributed by atoms with Crippen LogP contribution in [0.1, 0.15) is 66.2 Å². The molecule has 0 amide bonds. The number of rotatable bonds is 2. The maximum atomic E-state index is 13.1. The average Bonchev–Trinajstić information content (AvgIpc) is 2.89. The van der Waals surface area contributed by atoms with Gasteiger partial charge in [-0.1, -0.05) is 13.8 Å². The van der Waals surface area contributed by atoms with Crippen molar-refractivity contribution < 1.29 is 29.3 Å². The third-order valence-electron chi connectivity index (χ3n) is 8.90. The Morgan fingerprint density at radius 2 is 1.83 bits per heavy atom. The molecule has 4 aliphatic carbocycles. The number of aliphatic hydroxyl groups is 2. The van der Waals surface area contributed by atoms with Crippen LogP contribution in [0.25, 0.3) is 0 Å². The smallest absolute Gasteiger partial charge is 0.302 e. The van der Waals surface area contributed by atoms with Crippen LogP contribution in [0.4, 0.5) is 0 Å². The van der Waals surface area contributed by atoms with E-state index in [-0.39, 0.29) is 35.7 Å². The number of ether oxygens (including phenoxy) is 1. The summed E-state index contributed by atoms with van der Waals surface area (Å²) in [7, 11) is 0. The monoisotopic (exact) mass is 404 g/mol. The molecule has 6 nitrogen and oxygen atoms in total. The standard InChI is InChI=1S/C23H32O6/c1-12(24)14-6-8-23(28)16-9-18(26)17-10-19(27)20(29-13(2)25)11-21(17,3)15(16)5-7-22(14,23)4/h9,14-15,17,19-20,27-28H,5-8,10-11H2,1-4H3/t14-,15+,17+,19-,20+,21-,22-,23-/m1/s1. The lowest BCUT2D eigenvalue weighted by molar-refractivity contribution is -0.173. The topological polar surface area (TPSA) is 101 Å². The molecule has 0 aromatic heterocycles. The Kier molecular flexibility index (Phi) is 4.63. The van der Waals surface area contributed by atoms with Crippen molar-refractivity contribution in [1.82, 2.24) is 0 Å². The molecular formula is C23H32O6. The second kappa shape index (κ2) is 6.48. The highest BCUT2D eigenvalue weighted by atomic mass is 16.6. The highest BCUT2D eigenvalue weighted by molar-refractivity contribution is 5.95. The van der Waals surface area contributed by atoms with Gasteiger partial charge in [-0.25, -0.2) is 0 Å². The van der Waals surface area contributed by atoms with Crippen molar-refractivity contribution in [1.29, 1.82) is 0 Å². The lowest BCUT2D eigenvalue weighted by atomic mass is 9.46. The van der Waals surface area contributed by atoms with E-state index in [2.05, 4.69) is 0 Å². The Hall–Kier alpha value is -1.53. The predicted octanol–water partition coefficient (Wildman–Crippen LogP) is 2.35. The molecule has 0 aliphatic heterocycles. The van der Waals surface area contributed by atoms with Crippen molar-refractivity contribution in [3.8, 4) is 0 Å². The minimum atomic E-state index is -1.16. The number of esters is 1. The van der Waals surface area contributed by atoms with Gasteiger partial charge in [0.25, 0.3) is 0 Å². The van der Waals surface area contributed by atoms with Crippen LogP contribution in [-0.4, -0.2) is 45.6 Å². The number of carbonyl (C=O) groups is 3. The molecule has 6 heteroatoms. The summed E-state index contributed by atoms with van der Waals surface area (Å²) in [4.78, 5) is 36.9. The molecule has 29 heavy (non-hydrogen) atoms. The summed E-state index contributed by atoms with van der Waals surface area (Å²) in [5.41, 5.74) is -1.46. The van der Waals surface area contributed by atoms with E-state index in [1.807, 2.05) is 13.8 Å². The van der Waals surface area contributed by atoms with E-state index in [9.17, 15) is 24.6 Å². The lowest BCUT2D eigenvalue weighted by Gasteiger charge is -2.59. The quantitative estimate of drug-likeness (QED) is 0.685. The summed E-state index contributed by atoms with van der Waals surface area (Å²) >= 11 is 0. The Labute approximate surface area is 171 Å². The minimum Gasteiger partial charge on any atom is -0.460 e. The molecular weight excluding hydrogens is 372 g/mol. The fourth-order valence-corrected chi connectivity index (χ4v) is 7.33. The molecule has 0 heterocycles. The maximum Gasteiger partial charge on any atom is 0.302 e. The van der Waals surface area contributed by atoms with Gasteiger partial charge < -0.3 is 14.9 Å². The number of aliphatic hydroxyl groups excluding tert-OH is 1. The van der Waals surface area contributed by atoms with E-state index >= 15 is 0 Å². The first-order chi connectivity index (χ1) is 13.4. The molecule has 3 fully saturated rings. The van der Waals surface area contributed by atoms with Gasteiger partial charge in [-0.3, -0.25) is 14.4 Å². The Morgan fingerprint density at radius 3 is 2.45 bits per heavy atom. The molecule has 160 valence electrons. The zero-order valence-electron chi connectivity index (χ0n) is 17.7. The van der Waals surface area contributed by atoms with Gasteiger partial charge in [-0.05, 0) is 68.4 Å². The van der Waals surface area contributed by atoms with Gasteiger partial charge in [-0.15, -0.1) is 0 Å². The van der Waals surface area contributed by atoms with Crippen LogP contribution >= 0.6 is 0 Å². The second-order valence-corrected chi connectivity index (χ2v) is 10.3. The summed E-state index contributed by atoms with van der Waals surface area (Å²) in [5.74, 6) is -0.983. The highest BCUT2D eigenvalue weighted by Crippen LogP contribution is 2.67. The molecule has 0 unspecified atom stereocenters. The highest BCUT2D eigenvalue weighted by Gasteiger charge is 2.67. The van der Waals surface area contributed by atoms with Crippen molar-refractivity contribution in [3.05, 3.63) is 11.6 Å². The van der Waals surface area contributed by atoms with Gasteiger partial charge in [0.2, 0.25) is 0 Å². The molecule has 4 rings (SSSR count). The lowest BCUT2D eigenvalue weighted by Crippen LogP contribution is -2.61. The van der Waals surface area contributed by atoms with Crippen molar-refractivity contribution >= 4 is 17.5 Å². The predicted molar refractivity (Wildman–Crippen MR) is 105 cm³/mol. The molecule has 0 aromatic carbocycles. The fourth-order valence-electron chi connectivity index (χ4n) is 7.33. The van der Waals surface area contributed by atoms with Crippen LogP contribution in [0, 0.1) is 28.6 Å². The Balaban J connectivity index is 1.75. The van der Waals surface area contributed by atoms with Crippen LogP contribution in [0.3, 0.4) is 0 Å². The largest absolute Gasteiger partial charge is 0.460 e. The summed E-state index contributed by atoms with van der Waals surface area (Å²) in [6.45, 7) is 6.96. The SMILES string of the molecule is CC(=O)O[C@H]1C[C@@]2(C)[C@@H](C[C@H]1O)C(=O)C=C1[C@@H]2CC[C@]2(C)[C@@H](C(C)=O)CC[C@@]12O. The van der Waals surface area contributed by atoms with Crippen molar-refractivity contribution in [2.45, 2.75) is 84.0 Å². The van der Waals surface area contributed by atoms with Crippen LogP contribution < -0.4 is 0 Å². The molecule has 3 saturated carbocycles. The summed E-state index contributed by atoms with van der Waals surface area (Å²) in [6.07, 6.45) is 3.39.